The Labute approximate surface area is 505 Å². The Kier molecular flexibility index (Phi) is 29.6. The number of nitrogens with one attached hydrogen (secondary N) is 1. The normalized spacial score (nSPS) is 24.4. The molecule has 7 N–H and O–H groups in total. The second kappa shape index (κ2) is 34.8. The highest BCUT2D eigenvalue weighted by atomic mass is 35.5. The number of hydrogen-bond donors (Lipinski definition) is 5. The zero-order valence-electron chi connectivity index (χ0n) is 50.3. The van der Waals surface area contributed by atoms with Gasteiger partial charge in [-0.3, -0.25) is 42.7 Å². The fourth-order valence-electron chi connectivity index (χ4n) is 7.69. The Bertz CT molecular complexity index is 2870. The number of ether oxygens (including phenoxy) is 11. The Hall–Kier alpha value is -7.40. The van der Waals surface area contributed by atoms with Crippen LogP contribution in [0.5, 0.6) is 6.01 Å². The maximum atomic E-state index is 11.8. The molecule has 0 spiro atoms. The van der Waals surface area contributed by atoms with Gasteiger partial charge in [-0.15, -0.1) is 0 Å². The summed E-state index contributed by atoms with van der Waals surface area (Å²) in [6.07, 6.45) is -2.18. The number of halogens is 1. The maximum absolute atomic E-state index is 11.8. The number of alkyl halides is 1. The molecule has 4 saturated heterocycles. The van der Waals surface area contributed by atoms with Crippen LogP contribution in [0.15, 0.2) is 28.6 Å². The first kappa shape index (κ1) is 73.9. The minimum absolute atomic E-state index is 0.0506. The van der Waals surface area contributed by atoms with Crippen molar-refractivity contribution in [2.24, 2.45) is 0 Å². The number of rotatable bonds is 17. The van der Waals surface area contributed by atoms with Crippen molar-refractivity contribution in [2.45, 2.75) is 187 Å². The van der Waals surface area contributed by atoms with Crippen molar-refractivity contribution in [2.75, 3.05) is 42.9 Å². The third-order valence-corrected chi connectivity index (χ3v) is 13.1. The van der Waals surface area contributed by atoms with Crippen LogP contribution >= 0.6 is 11.6 Å². The first-order valence-electron chi connectivity index (χ1n) is 26.7. The van der Waals surface area contributed by atoms with Gasteiger partial charge in [-0.05, 0) is 19.6 Å². The molecule has 0 radical (unpaired) electrons. The third kappa shape index (κ3) is 28.3. The standard InChI is InChI=1S/C12H16N4O6.C11H16O7.C9H13ClO5.C9H20N4OSi2.C8H12N4O4/c1-6(17)20-4-9-8(21-7(2)18)3-10(22-9)16-5-14-11(13)15-12(16)19;1-6(12)15-5-10-9(16-7(2)13)4-11(18-10)17-8(3)14;1-5(11)13-4-8-7(14-6(2)12)3-9(10)15-8;1-15(2,3)13-8-10-7-11-9(12-8)14-16(4,5)6;9-7-10-3-12(8(15)11-7)6-1-4(14)5(2-13)16-6/h5,8-10H,3-4H2,1-2H3,(H2,13,15,19);9-11H,4-5H2,1-3H3;7-9H,3-4H2,1-2H3;7H,1-6H3,(H,10,11,12,13);3-6,13-14H,1-2H2,(H2,9,11,15)/t8-,9-,10-;9-,10-,11+;7-,8-,9?;;4-,5-,6-/m111.1/s1. The Morgan fingerprint density at radius 3 is 1.43 bits per heavy atom. The van der Waals surface area contributed by atoms with E-state index in [1.807, 2.05) is 0 Å². The van der Waals surface area contributed by atoms with E-state index in [0.717, 1.165) is 9.13 Å². The molecule has 7 heterocycles. The van der Waals surface area contributed by atoms with Crippen molar-refractivity contribution in [1.29, 1.82) is 0 Å². The van der Waals surface area contributed by atoms with Crippen LogP contribution in [0.1, 0.15) is 86.6 Å². The summed E-state index contributed by atoms with van der Waals surface area (Å²) in [6.45, 7) is 21.4. The number of nitrogens with zero attached hydrogens (tertiary/aromatic N) is 9. The van der Waals surface area contributed by atoms with Gasteiger partial charge in [0, 0.05) is 67.7 Å². The molecule has 4 fully saturated rings. The Morgan fingerprint density at radius 2 is 1.01 bits per heavy atom. The average Bonchev–Trinajstić information content (AvgIpc) is 2.66. The molecule has 7 rings (SSSR count). The summed E-state index contributed by atoms with van der Waals surface area (Å²) in [5, 5.41) is 18.4. The lowest BCUT2D eigenvalue weighted by Crippen LogP contribution is -2.34. The number of carbonyl (C=O) groups is 7. The molecule has 35 nitrogen and oxygen atoms in total. The van der Waals surface area contributed by atoms with Gasteiger partial charge >= 0.3 is 59.2 Å². The zero-order valence-corrected chi connectivity index (χ0v) is 53.1. The first-order chi connectivity index (χ1) is 40.5. The van der Waals surface area contributed by atoms with Gasteiger partial charge in [-0.1, -0.05) is 31.2 Å². The van der Waals surface area contributed by atoms with E-state index in [2.05, 4.69) is 79.2 Å². The van der Waals surface area contributed by atoms with Gasteiger partial charge < -0.3 is 83.2 Å². The van der Waals surface area contributed by atoms with Crippen LogP contribution in [-0.4, -0.2) is 200 Å². The summed E-state index contributed by atoms with van der Waals surface area (Å²) in [6, 6.07) is 0.426. The highest BCUT2D eigenvalue weighted by Crippen LogP contribution is 2.31. The van der Waals surface area contributed by atoms with Gasteiger partial charge in [0.25, 0.3) is 0 Å². The van der Waals surface area contributed by atoms with Crippen LogP contribution in [0, 0.1) is 0 Å². The molecule has 12 atom stereocenters. The van der Waals surface area contributed by atoms with Crippen molar-refractivity contribution in [3.05, 3.63) is 40.0 Å². The molecule has 0 bridgehead atoms. The molecule has 4 aliphatic heterocycles. The molecule has 1 unspecified atom stereocenters. The van der Waals surface area contributed by atoms with E-state index in [0.29, 0.717) is 18.4 Å². The Morgan fingerprint density at radius 1 is 0.586 bits per heavy atom. The number of anilines is 3. The monoisotopic (exact) mass is 1290 g/mol. The van der Waals surface area contributed by atoms with E-state index in [1.54, 1.807) is 0 Å². The summed E-state index contributed by atoms with van der Waals surface area (Å²) in [5.74, 6) is -2.86. The van der Waals surface area contributed by atoms with Crippen molar-refractivity contribution < 1.29 is 100 Å². The van der Waals surface area contributed by atoms with Gasteiger partial charge in [0.05, 0.1) is 19.1 Å². The topological polar surface area (TPSA) is 469 Å². The molecule has 0 aromatic carbocycles. The molecular formula is C49H77ClN12O23Si2. The zero-order chi connectivity index (χ0) is 65.5. The molecule has 0 aliphatic carbocycles. The fraction of sp³-hybridized carbons (Fsp3) is 0.673. The fourth-order valence-corrected chi connectivity index (χ4v) is 9.43. The highest BCUT2D eigenvalue weighted by molar-refractivity contribution is 6.79. The predicted octanol–water partition coefficient (Wildman–Crippen LogP) is 0.190. The summed E-state index contributed by atoms with van der Waals surface area (Å²) >= 11 is 5.75. The summed E-state index contributed by atoms with van der Waals surface area (Å²) < 4.78 is 63.9. The van der Waals surface area contributed by atoms with E-state index in [1.165, 1.54) is 67.4 Å². The molecule has 38 heteroatoms. The van der Waals surface area contributed by atoms with Crippen LogP contribution in [0.2, 0.25) is 39.3 Å². The number of carbonyl (C=O) groups excluding carboxylic acids is 7. The number of hydrogen-bond acceptors (Lipinski definition) is 33. The minimum Gasteiger partial charge on any atom is -0.518 e. The molecule has 486 valence electrons. The van der Waals surface area contributed by atoms with Crippen LogP contribution in [-0.2, 0) is 85.7 Å². The second-order valence-corrected chi connectivity index (χ2v) is 30.8. The molecule has 0 saturated carbocycles. The third-order valence-electron chi connectivity index (χ3n) is 11.0. The lowest BCUT2D eigenvalue weighted by atomic mass is 10.2. The molecule has 4 aliphatic rings. The number of aliphatic hydroxyl groups is 2. The predicted molar refractivity (Wildman–Crippen MR) is 303 cm³/mol. The van der Waals surface area contributed by atoms with Crippen LogP contribution in [0.4, 0.5) is 17.8 Å². The number of esters is 7. The summed E-state index contributed by atoms with van der Waals surface area (Å²) in [5.41, 5.74) is 8.83. The van der Waals surface area contributed by atoms with Gasteiger partial charge in [0.15, 0.2) is 0 Å². The second-order valence-electron chi connectivity index (χ2n) is 21.1. The van der Waals surface area contributed by atoms with Gasteiger partial charge in [-0.2, -0.15) is 19.9 Å². The van der Waals surface area contributed by atoms with Crippen LogP contribution in [0.3, 0.4) is 0 Å². The summed E-state index contributed by atoms with van der Waals surface area (Å²) in [4.78, 5) is 129. The number of aromatic nitrogens is 9. The molecule has 3 aromatic rings. The van der Waals surface area contributed by atoms with Crippen molar-refractivity contribution in [1.82, 2.24) is 44.0 Å². The van der Waals surface area contributed by atoms with Crippen LogP contribution < -0.4 is 32.3 Å². The van der Waals surface area contributed by atoms with Crippen molar-refractivity contribution >= 4 is 87.8 Å². The maximum Gasteiger partial charge on any atom is 0.354 e. The first-order valence-corrected chi connectivity index (χ1v) is 34.1. The van der Waals surface area contributed by atoms with Gasteiger partial charge in [0.1, 0.15) is 108 Å². The largest absolute Gasteiger partial charge is 0.518 e. The lowest BCUT2D eigenvalue weighted by Gasteiger charge is -2.20. The van der Waals surface area contributed by atoms with E-state index in [9.17, 15) is 48.3 Å². The van der Waals surface area contributed by atoms with Gasteiger partial charge in [-0.25, -0.2) is 24.5 Å². The summed E-state index contributed by atoms with van der Waals surface area (Å²) in [7, 11) is -3.08. The SMILES string of the molecule is CC(=O)OC[C@H]1OC(Cl)C[C@H]1OC(C)=O.CC(=O)OC[C@H]1O[C@@H](n2cnc(N)nc2=O)C[C@H]1OC(C)=O.CC(=O)OC[C@H]1O[C@H](OC(C)=O)C[C@H]1OC(C)=O.C[Si](C)(C)Nc1ncnc(O[Si](C)(C)C)n1.Nc1ncn([C@H]2C[C@@H](O)[C@@H](CO)O2)c(=O)n1. The quantitative estimate of drug-likeness (QED) is 0.0521. The average molecular weight is 1290 g/mol. The smallest absolute Gasteiger partial charge is 0.354 e. The molecule has 3 aromatic heterocycles. The lowest BCUT2D eigenvalue weighted by molar-refractivity contribution is -0.179. The minimum atomic E-state index is -1.65. The molecule has 0 amide bonds. The molecule has 87 heavy (non-hydrogen) atoms. The van der Waals surface area contributed by atoms with E-state index in [4.69, 9.17) is 84.7 Å². The number of nitrogen functional groups attached to an aromatic ring is 2. The van der Waals surface area contributed by atoms with Crippen molar-refractivity contribution in [3.63, 3.8) is 0 Å². The Balaban J connectivity index is 0.000000287. The van der Waals surface area contributed by atoms with Gasteiger partial charge in [0.2, 0.25) is 32.5 Å². The number of aliphatic hydroxyl groups excluding tert-OH is 2. The number of nitrogens with two attached hydrogens (primary N) is 2. The van der Waals surface area contributed by atoms with E-state index in [-0.39, 0.29) is 57.6 Å². The van der Waals surface area contributed by atoms with Crippen LogP contribution in [0.25, 0.3) is 0 Å². The van der Waals surface area contributed by atoms with Crippen molar-refractivity contribution in [3.8, 4) is 6.01 Å². The van der Waals surface area contributed by atoms with E-state index >= 15 is 0 Å². The van der Waals surface area contributed by atoms with E-state index < -0.39 is 143 Å². The highest BCUT2D eigenvalue weighted by Gasteiger charge is 2.42. The molecular weight excluding hydrogens is 1220 g/mol.